The number of carbonyl (C=O) groups excluding carboxylic acids is 1. The van der Waals surface area contributed by atoms with Crippen LogP contribution in [0.2, 0.25) is 0.515 Å². The monoisotopic (exact) mass is 220 g/mol. The van der Waals surface area contributed by atoms with Gasteiger partial charge in [-0.15, -0.1) is 0 Å². The molecule has 5 nitrogen and oxygen atoms in total. The number of carbonyl (C=O) groups is 1. The molecule has 66 valence electrons. The molecule has 0 heterocycles. The Hall–Kier alpha value is 0.996. The van der Waals surface area contributed by atoms with Crippen LogP contribution in [0.4, 0.5) is 0 Å². The molecule has 0 aliphatic heterocycles. The van der Waals surface area contributed by atoms with Crippen molar-refractivity contribution in [2.24, 2.45) is 0 Å². The van der Waals surface area contributed by atoms with Gasteiger partial charge in [-0.05, 0) is 0 Å². The van der Waals surface area contributed by atoms with Crippen molar-refractivity contribution < 1.29 is 23.7 Å². The van der Waals surface area contributed by atoms with Crippen LogP contribution in [0, 0.1) is 0 Å². The van der Waals surface area contributed by atoms with E-state index in [0.717, 1.165) is 55.9 Å². The van der Waals surface area contributed by atoms with E-state index in [1.165, 1.54) is 0.515 Å². The molecule has 0 aromatic rings. The Balaban J connectivity index is 0. The van der Waals surface area contributed by atoms with Crippen LogP contribution in [0.25, 0.3) is 0 Å². The van der Waals surface area contributed by atoms with Crippen LogP contribution in [-0.4, -0.2) is 64.7 Å². The molecule has 0 bridgehead atoms. The van der Waals surface area contributed by atoms with Gasteiger partial charge in [-0.25, -0.2) is 4.57 Å². The molecule has 2 N–H and O–H groups in total. The molecule has 0 rings (SSSR count). The Morgan fingerprint density at radius 3 is 2.08 bits per heavy atom. The second-order valence-electron chi connectivity index (χ2n) is 1.77. The summed E-state index contributed by atoms with van der Waals surface area (Å²) in [6.07, 6.45) is 1.96. The predicted molar refractivity (Wildman–Crippen MR) is 44.6 cm³/mol. The van der Waals surface area contributed by atoms with Crippen LogP contribution >= 0.6 is 7.82 Å². The molecule has 12 heavy (non-hydrogen) atoms. The summed E-state index contributed by atoms with van der Waals surface area (Å²) in [5.41, 5.74) is 0. The van der Waals surface area contributed by atoms with E-state index < -0.39 is 13.8 Å². The fraction of sp³-hybridized carbons (Fsp3) is 0.400. The van der Waals surface area contributed by atoms with Crippen LogP contribution in [-0.2, 0) is 13.9 Å². The molecule has 0 radical (unpaired) electrons. The zero-order valence-corrected chi connectivity index (χ0v) is 11.1. The summed E-state index contributed by atoms with van der Waals surface area (Å²) >= 11 is 0.995. The number of phosphoric acid groups is 1. The molecule has 0 saturated carbocycles. The molecule has 0 atom stereocenters. The van der Waals surface area contributed by atoms with Crippen molar-refractivity contribution >= 4 is 62.7 Å². The van der Waals surface area contributed by atoms with Crippen molar-refractivity contribution in [2.75, 3.05) is 0 Å². The second kappa shape index (κ2) is 8.59. The summed E-state index contributed by atoms with van der Waals surface area (Å²) in [5, 5.41) is 0. The summed E-state index contributed by atoms with van der Waals surface area (Å²) in [7, 11) is -4.57. The quantitative estimate of drug-likeness (QED) is 0.400. The van der Waals surface area contributed by atoms with Gasteiger partial charge in [0.05, 0.1) is 0 Å². The Morgan fingerprint density at radius 2 is 2.08 bits per heavy atom. The maximum absolute atomic E-state index is 9.74. The maximum atomic E-state index is 9.74. The first kappa shape index (κ1) is 15.5. The van der Waals surface area contributed by atoms with Crippen LogP contribution in [0.1, 0.15) is 6.92 Å². The van der Waals surface area contributed by atoms with Gasteiger partial charge in [0.1, 0.15) is 0 Å². The van der Waals surface area contributed by atoms with E-state index in [1.807, 2.05) is 6.08 Å². The minimum atomic E-state index is -4.57. The first-order valence-corrected chi connectivity index (χ1v) is 6.94. The largest absolute Gasteiger partial charge is 0.526 e. The van der Waals surface area contributed by atoms with Gasteiger partial charge in [-0.3, -0.25) is 14.6 Å². The Bertz CT molecular complexity index is 186. The average molecular weight is 220 g/mol. The van der Waals surface area contributed by atoms with Crippen molar-refractivity contribution in [1.82, 2.24) is 0 Å². The summed E-state index contributed by atoms with van der Waals surface area (Å²) in [4.78, 5) is 25.5. The molecule has 0 aliphatic rings. The number of rotatable bonds is 2. The van der Waals surface area contributed by atoms with Gasteiger partial charge in [-0.2, -0.15) is 0 Å². The predicted octanol–water partition coefficient (Wildman–Crippen LogP) is 0.401. The number of hydrogen-bond donors (Lipinski definition) is 2. The standard InChI is InChI=1S/C3H5.C2H5O5P.K/c1-3-2;1-2(3)7-8(4,5)6;/h3H,1-2H2;1H3,(H2,4,5,6);. The summed E-state index contributed by atoms with van der Waals surface area (Å²) in [6.45, 7) is 4.44. The number of phosphoric ester groups is 1. The molecule has 0 aliphatic carbocycles. The van der Waals surface area contributed by atoms with Crippen LogP contribution in [0.3, 0.4) is 0 Å². The third-order valence-corrected chi connectivity index (χ3v) is 1.93. The molecular weight excluding hydrogens is 210 g/mol. The van der Waals surface area contributed by atoms with Crippen molar-refractivity contribution in [3.05, 3.63) is 12.7 Å². The third-order valence-electron chi connectivity index (χ3n) is 0.536. The van der Waals surface area contributed by atoms with Crippen LogP contribution in [0.15, 0.2) is 12.7 Å². The first-order chi connectivity index (χ1) is 5.33. The average Bonchev–Trinajstić information content (AvgIpc) is 1.83. The van der Waals surface area contributed by atoms with E-state index in [-0.39, 0.29) is 0 Å². The Morgan fingerprint density at radius 1 is 1.75 bits per heavy atom. The molecule has 0 aromatic heterocycles. The van der Waals surface area contributed by atoms with Gasteiger partial charge in [-0.1, -0.05) is 0 Å². The van der Waals surface area contributed by atoms with Crippen molar-refractivity contribution in [3.8, 4) is 0 Å². The van der Waals surface area contributed by atoms with E-state index in [9.17, 15) is 9.36 Å². The SMILES string of the molecule is C=C[CH2][K].CC(=O)OP(=O)(O)O. The fourth-order valence-electron chi connectivity index (χ4n) is 0.167. The smallest absolute Gasteiger partial charge is 0.371 e. The normalized spacial score (nSPS) is 9.42. The van der Waals surface area contributed by atoms with Crippen LogP contribution in [0.5, 0.6) is 0 Å². The zero-order chi connectivity index (χ0) is 10.2. The third kappa shape index (κ3) is 22.4. The molecular formula is C5H10KO5P. The minimum Gasteiger partial charge on any atom is -0.371 e. The molecule has 7 heteroatoms. The summed E-state index contributed by atoms with van der Waals surface area (Å²) < 4.78 is 14.4. The number of hydrogen-bond acceptors (Lipinski definition) is 3. The van der Waals surface area contributed by atoms with Gasteiger partial charge in [0.25, 0.3) is 0 Å². The molecule has 0 spiro atoms. The topological polar surface area (TPSA) is 83.8 Å². The van der Waals surface area contributed by atoms with Gasteiger partial charge < -0.3 is 4.52 Å². The van der Waals surface area contributed by atoms with E-state index >= 15 is 0 Å². The maximum Gasteiger partial charge on any atom is 0.526 e. The van der Waals surface area contributed by atoms with E-state index in [2.05, 4.69) is 11.1 Å². The van der Waals surface area contributed by atoms with E-state index in [0.29, 0.717) is 0 Å². The zero-order valence-electron chi connectivity index (χ0n) is 7.06. The molecule has 0 fully saturated rings. The van der Waals surface area contributed by atoms with Crippen molar-refractivity contribution in [2.45, 2.75) is 7.44 Å². The van der Waals surface area contributed by atoms with E-state index in [1.54, 1.807) is 0 Å². The van der Waals surface area contributed by atoms with Gasteiger partial charge in [0.2, 0.25) is 0 Å². The van der Waals surface area contributed by atoms with Crippen LogP contribution < -0.4 is 0 Å². The first-order valence-electron chi connectivity index (χ1n) is 3.20. The van der Waals surface area contributed by atoms with Gasteiger partial charge >= 0.3 is 75.9 Å². The molecule has 0 saturated heterocycles. The number of allylic oxidation sites excluding steroid dienone is 1. The molecule has 0 unspecified atom stereocenters. The fourth-order valence-corrected chi connectivity index (χ4v) is 0.502. The molecule has 0 aromatic carbocycles. The van der Waals surface area contributed by atoms with E-state index in [4.69, 9.17) is 9.79 Å². The molecule has 0 amide bonds. The summed E-state index contributed by atoms with van der Waals surface area (Å²) in [6, 6.07) is 0. The van der Waals surface area contributed by atoms with Crippen molar-refractivity contribution in [3.63, 3.8) is 0 Å². The Labute approximate surface area is 105 Å². The second-order valence-corrected chi connectivity index (χ2v) is 4.21. The van der Waals surface area contributed by atoms with Crippen molar-refractivity contribution in [1.29, 1.82) is 0 Å². The summed E-state index contributed by atoms with van der Waals surface area (Å²) in [5.74, 6) is -0.988. The van der Waals surface area contributed by atoms with Gasteiger partial charge in [0.15, 0.2) is 0 Å². The minimum absolute atomic E-state index is 0.916. The van der Waals surface area contributed by atoms with Gasteiger partial charge in [0, 0.05) is 6.92 Å². The Kier molecular flexibility index (Phi) is 11.1.